The molecule has 7 heteroatoms. The highest BCUT2D eigenvalue weighted by Crippen LogP contribution is 2.14. The maximum absolute atomic E-state index is 11.7. The van der Waals surface area contributed by atoms with E-state index in [1.807, 2.05) is 6.07 Å². The highest BCUT2D eigenvalue weighted by Gasteiger charge is 2.27. The van der Waals surface area contributed by atoms with Gasteiger partial charge in [-0.1, -0.05) is 6.07 Å². The van der Waals surface area contributed by atoms with Crippen LogP contribution >= 0.6 is 0 Å². The van der Waals surface area contributed by atoms with Crippen LogP contribution in [0.5, 0.6) is 0 Å². The van der Waals surface area contributed by atoms with Crippen molar-refractivity contribution in [2.24, 2.45) is 0 Å². The Balaban J connectivity index is 2.05. The van der Waals surface area contributed by atoms with Gasteiger partial charge in [-0.3, -0.25) is 4.98 Å². The van der Waals surface area contributed by atoms with E-state index in [4.69, 9.17) is 4.74 Å². The Hall–Kier alpha value is -1.63. The number of aryl methyl sites for hydroxylation is 1. The maximum Gasteiger partial charge on any atom is 0.411 e. The number of hydrogen-bond acceptors (Lipinski definition) is 4. The lowest BCUT2D eigenvalue weighted by Crippen LogP contribution is -2.21. The van der Waals surface area contributed by atoms with E-state index in [9.17, 15) is 18.0 Å². The lowest BCUT2D eigenvalue weighted by molar-refractivity contribution is -0.181. The van der Waals surface area contributed by atoms with Crippen molar-refractivity contribution in [3.05, 3.63) is 30.1 Å². The van der Waals surface area contributed by atoms with Crippen molar-refractivity contribution in [3.8, 4) is 0 Å². The highest BCUT2D eigenvalue weighted by atomic mass is 19.4. The zero-order chi connectivity index (χ0) is 14.1. The van der Waals surface area contributed by atoms with E-state index in [2.05, 4.69) is 9.72 Å². The van der Waals surface area contributed by atoms with Gasteiger partial charge < -0.3 is 9.47 Å². The van der Waals surface area contributed by atoms with E-state index in [1.54, 1.807) is 18.5 Å². The summed E-state index contributed by atoms with van der Waals surface area (Å²) < 4.78 is 44.0. The monoisotopic (exact) mass is 277 g/mol. The Morgan fingerprint density at radius 2 is 2.16 bits per heavy atom. The van der Waals surface area contributed by atoms with E-state index >= 15 is 0 Å². The number of carbonyl (C=O) groups is 1. The summed E-state index contributed by atoms with van der Waals surface area (Å²) in [5.41, 5.74) is 1.01. The number of ether oxygens (including phenoxy) is 2. The smallest absolute Gasteiger partial charge is 0.411 e. The first-order valence-corrected chi connectivity index (χ1v) is 5.66. The molecule has 1 rings (SSSR count). The van der Waals surface area contributed by atoms with Crippen LogP contribution in [0.4, 0.5) is 13.2 Å². The minimum Gasteiger partial charge on any atom is -0.464 e. The molecule has 4 nitrogen and oxygen atoms in total. The molecule has 0 radical (unpaired) electrons. The first kappa shape index (κ1) is 15.4. The number of aromatic nitrogens is 1. The molecule has 19 heavy (non-hydrogen) atoms. The number of halogens is 3. The molecule has 0 saturated carbocycles. The van der Waals surface area contributed by atoms with Gasteiger partial charge in [-0.25, -0.2) is 4.79 Å². The van der Waals surface area contributed by atoms with Gasteiger partial charge in [-0.05, 0) is 24.5 Å². The lowest BCUT2D eigenvalue weighted by Gasteiger charge is -2.07. The van der Waals surface area contributed by atoms with E-state index in [0.717, 1.165) is 5.56 Å². The number of esters is 1. The molecular formula is C12H14F3NO3. The van der Waals surface area contributed by atoms with Crippen LogP contribution in [0.2, 0.25) is 0 Å². The Morgan fingerprint density at radius 1 is 1.37 bits per heavy atom. The van der Waals surface area contributed by atoms with Gasteiger partial charge in [0.25, 0.3) is 0 Å². The summed E-state index contributed by atoms with van der Waals surface area (Å²) in [5.74, 6) is -0.796. The number of rotatable bonds is 7. The molecule has 0 aliphatic carbocycles. The van der Waals surface area contributed by atoms with E-state index in [1.165, 1.54) is 0 Å². The van der Waals surface area contributed by atoms with Gasteiger partial charge in [0, 0.05) is 12.4 Å². The van der Waals surface area contributed by atoms with Crippen molar-refractivity contribution >= 4 is 5.97 Å². The molecule has 0 aliphatic heterocycles. The summed E-state index contributed by atoms with van der Waals surface area (Å²) in [5, 5.41) is 0. The molecule has 0 bridgehead atoms. The number of pyridine rings is 1. The van der Waals surface area contributed by atoms with Crippen molar-refractivity contribution < 1.29 is 27.4 Å². The molecule has 106 valence electrons. The molecule has 0 saturated heterocycles. The second kappa shape index (κ2) is 7.73. The molecule has 0 unspecified atom stereocenters. The summed E-state index contributed by atoms with van der Waals surface area (Å²) in [6, 6.07) is 3.69. The van der Waals surface area contributed by atoms with Crippen LogP contribution in [-0.4, -0.2) is 37.0 Å². The molecule has 0 atom stereocenters. The lowest BCUT2D eigenvalue weighted by atomic mass is 10.2. The average molecular weight is 277 g/mol. The summed E-state index contributed by atoms with van der Waals surface area (Å²) in [4.78, 5) is 14.9. The minimum absolute atomic E-state index is 0.142. The summed E-state index contributed by atoms with van der Waals surface area (Å²) in [6.07, 6.45) is 0.192. The van der Waals surface area contributed by atoms with E-state index in [-0.39, 0.29) is 6.61 Å². The Morgan fingerprint density at radius 3 is 2.79 bits per heavy atom. The predicted octanol–water partition coefficient (Wildman–Crippen LogP) is 2.14. The fraction of sp³-hybridized carbons (Fsp3) is 0.500. The first-order chi connectivity index (χ1) is 8.97. The molecular weight excluding hydrogens is 263 g/mol. The standard InChI is InChI=1S/C12H14F3NO3/c13-12(14,15)9-18-8-11(17)19-6-2-4-10-3-1-5-16-7-10/h1,3,5,7H,2,4,6,8-9H2. The van der Waals surface area contributed by atoms with Crippen molar-refractivity contribution in [2.45, 2.75) is 19.0 Å². The third-order valence-corrected chi connectivity index (χ3v) is 2.08. The van der Waals surface area contributed by atoms with Gasteiger partial charge in [0.2, 0.25) is 0 Å². The van der Waals surface area contributed by atoms with Crippen LogP contribution in [0.3, 0.4) is 0 Å². The second-order valence-corrected chi connectivity index (χ2v) is 3.79. The average Bonchev–Trinajstić information content (AvgIpc) is 2.34. The van der Waals surface area contributed by atoms with Crippen LogP contribution in [0.25, 0.3) is 0 Å². The maximum atomic E-state index is 11.7. The van der Waals surface area contributed by atoms with Gasteiger partial charge in [0.05, 0.1) is 6.61 Å². The predicted molar refractivity (Wildman–Crippen MR) is 60.4 cm³/mol. The molecule has 1 aromatic heterocycles. The highest BCUT2D eigenvalue weighted by molar-refractivity contribution is 5.70. The minimum atomic E-state index is -4.43. The van der Waals surface area contributed by atoms with Gasteiger partial charge in [-0.15, -0.1) is 0 Å². The molecule has 0 aliphatic rings. The molecule has 0 fully saturated rings. The van der Waals surface area contributed by atoms with Gasteiger partial charge in [-0.2, -0.15) is 13.2 Å². The van der Waals surface area contributed by atoms with E-state index in [0.29, 0.717) is 12.8 Å². The van der Waals surface area contributed by atoms with Crippen LogP contribution in [0, 0.1) is 0 Å². The molecule has 0 N–H and O–H groups in total. The quantitative estimate of drug-likeness (QED) is 0.566. The van der Waals surface area contributed by atoms with Gasteiger partial charge >= 0.3 is 12.1 Å². The van der Waals surface area contributed by atoms with Crippen LogP contribution in [0.15, 0.2) is 24.5 Å². The summed E-state index contributed by atoms with van der Waals surface area (Å²) in [6.45, 7) is -1.99. The number of nitrogens with zero attached hydrogens (tertiary/aromatic N) is 1. The zero-order valence-electron chi connectivity index (χ0n) is 10.2. The topological polar surface area (TPSA) is 48.4 Å². The normalized spacial score (nSPS) is 11.3. The molecule has 1 heterocycles. The number of carbonyl (C=O) groups excluding carboxylic acids is 1. The Bertz CT molecular complexity index is 382. The SMILES string of the molecule is O=C(COCC(F)(F)F)OCCCc1cccnc1. The molecule has 0 amide bonds. The van der Waals surface area contributed by atoms with Crippen molar-refractivity contribution in [1.82, 2.24) is 4.98 Å². The molecule has 1 aromatic rings. The molecule has 0 spiro atoms. The van der Waals surface area contributed by atoms with Crippen LogP contribution < -0.4 is 0 Å². The van der Waals surface area contributed by atoms with Crippen molar-refractivity contribution in [3.63, 3.8) is 0 Å². The van der Waals surface area contributed by atoms with Crippen molar-refractivity contribution in [1.29, 1.82) is 0 Å². The fourth-order valence-electron chi connectivity index (χ4n) is 1.30. The molecule has 0 aromatic carbocycles. The van der Waals surface area contributed by atoms with Gasteiger partial charge in [0.1, 0.15) is 13.2 Å². The van der Waals surface area contributed by atoms with Crippen molar-refractivity contribution in [2.75, 3.05) is 19.8 Å². The third-order valence-electron chi connectivity index (χ3n) is 2.08. The van der Waals surface area contributed by atoms with Crippen LogP contribution in [0.1, 0.15) is 12.0 Å². The third kappa shape index (κ3) is 8.15. The van der Waals surface area contributed by atoms with E-state index < -0.39 is 25.4 Å². The van der Waals surface area contributed by atoms with Gasteiger partial charge in [0.15, 0.2) is 0 Å². The largest absolute Gasteiger partial charge is 0.464 e. The second-order valence-electron chi connectivity index (χ2n) is 3.79. The number of hydrogen-bond donors (Lipinski definition) is 0. The summed E-state index contributed by atoms with van der Waals surface area (Å²) in [7, 11) is 0. The van der Waals surface area contributed by atoms with Crippen LogP contribution in [-0.2, 0) is 20.7 Å². The Labute approximate surface area is 108 Å². The Kier molecular flexibility index (Phi) is 6.27. The first-order valence-electron chi connectivity index (χ1n) is 5.66. The number of alkyl halides is 3. The summed E-state index contributed by atoms with van der Waals surface area (Å²) >= 11 is 0. The zero-order valence-corrected chi connectivity index (χ0v) is 10.2. The fourth-order valence-corrected chi connectivity index (χ4v) is 1.30.